The van der Waals surface area contributed by atoms with Gasteiger partial charge in [-0.05, 0) is 49.4 Å². The summed E-state index contributed by atoms with van der Waals surface area (Å²) in [7, 11) is 0. The second-order valence-electron chi connectivity index (χ2n) is 10.1. The number of alkyl halides is 3. The van der Waals surface area contributed by atoms with Crippen molar-refractivity contribution >= 4 is 40.9 Å². The molecule has 1 fully saturated rings. The molecule has 210 valence electrons. The molecular weight excluding hydrogens is 539 g/mol. The molecule has 1 amide bonds. The molecule has 1 aliphatic heterocycles. The van der Waals surface area contributed by atoms with Crippen LogP contribution in [0.15, 0.2) is 53.3 Å². The number of benzene rings is 2. The number of halogens is 4. The molecule has 3 aromatic rings. The molecule has 12 heteroatoms. The van der Waals surface area contributed by atoms with Crippen molar-refractivity contribution in [3.63, 3.8) is 0 Å². The van der Waals surface area contributed by atoms with Crippen LogP contribution in [0.3, 0.4) is 0 Å². The summed E-state index contributed by atoms with van der Waals surface area (Å²) in [5.41, 5.74) is 3.44. The molecular formula is C27H29ClF3N3O5. The molecule has 4 rings (SSSR count). The summed E-state index contributed by atoms with van der Waals surface area (Å²) < 4.78 is 51.5. The fourth-order valence-corrected chi connectivity index (χ4v) is 4.23. The maximum Gasteiger partial charge on any atom is 0.417 e. The number of anilines is 1. The molecule has 0 radical (unpaired) electrons. The van der Waals surface area contributed by atoms with Crippen molar-refractivity contribution in [1.82, 2.24) is 4.98 Å². The molecule has 0 unspecified atom stereocenters. The van der Waals surface area contributed by atoms with E-state index in [1.54, 1.807) is 39.8 Å². The van der Waals surface area contributed by atoms with Gasteiger partial charge in [0, 0.05) is 22.3 Å². The molecule has 0 saturated carbocycles. The number of hydrogen-bond donors (Lipinski definition) is 2. The second kappa shape index (κ2) is 10.9. The maximum absolute atomic E-state index is 13.5. The molecule has 39 heavy (non-hydrogen) atoms. The van der Waals surface area contributed by atoms with E-state index >= 15 is 0 Å². The Morgan fingerprint density at radius 1 is 1.13 bits per heavy atom. The smallest absolute Gasteiger partial charge is 0.417 e. The van der Waals surface area contributed by atoms with Crippen LogP contribution in [-0.4, -0.2) is 41.3 Å². The first-order chi connectivity index (χ1) is 17.7. The number of nitrogens with two attached hydrogens (primary N) is 1. The standard InChI is InChI=1S/C27H28F3N3O5.ClH/c1-14(2)22(31)24(35)38-26(3,4)21-13-33(25(36)37-21)16-10-9-15-11-20(32-23(34)18(15)12-16)17-7-5-6-8-19(17)27(28,29)30;/h5-12,14,21-22H,13,31H2,1-4H3,(H,32,34);1H/t21-,22-;/m0./s1. The number of H-pyrrole nitrogens is 1. The van der Waals surface area contributed by atoms with E-state index in [9.17, 15) is 27.6 Å². The first-order valence-corrected chi connectivity index (χ1v) is 12.0. The molecule has 1 saturated heterocycles. The number of aromatic nitrogens is 1. The third-order valence-corrected chi connectivity index (χ3v) is 6.61. The van der Waals surface area contributed by atoms with Crippen molar-refractivity contribution in [2.75, 3.05) is 11.4 Å². The van der Waals surface area contributed by atoms with Gasteiger partial charge in [0.15, 0.2) is 6.10 Å². The van der Waals surface area contributed by atoms with Crippen LogP contribution in [-0.2, 0) is 20.4 Å². The van der Waals surface area contributed by atoms with Gasteiger partial charge in [0.1, 0.15) is 11.6 Å². The SMILES string of the molecule is CC(C)[C@H](N)C(=O)OC(C)(C)[C@@H]1CN(c2ccc3cc(-c4ccccc4C(F)(F)F)[nH]c(=O)c3c2)C(=O)O1.Cl. The summed E-state index contributed by atoms with van der Waals surface area (Å²) in [5.74, 6) is -0.751. The van der Waals surface area contributed by atoms with Crippen LogP contribution in [0.5, 0.6) is 0 Å². The van der Waals surface area contributed by atoms with Crippen molar-refractivity contribution in [3.8, 4) is 11.3 Å². The lowest BCUT2D eigenvalue weighted by atomic mass is 10.00. The van der Waals surface area contributed by atoms with Gasteiger partial charge < -0.3 is 20.2 Å². The Labute approximate surface area is 228 Å². The highest BCUT2D eigenvalue weighted by atomic mass is 35.5. The molecule has 1 aromatic heterocycles. The normalized spacial score (nSPS) is 16.7. The van der Waals surface area contributed by atoms with Crippen LogP contribution in [0.1, 0.15) is 33.3 Å². The largest absolute Gasteiger partial charge is 0.454 e. The van der Waals surface area contributed by atoms with Crippen LogP contribution < -0.4 is 16.2 Å². The van der Waals surface area contributed by atoms with E-state index in [0.717, 1.165) is 6.07 Å². The number of nitrogens with zero attached hydrogens (tertiary/aromatic N) is 1. The Morgan fingerprint density at radius 2 is 1.79 bits per heavy atom. The number of pyridine rings is 1. The van der Waals surface area contributed by atoms with Crippen molar-refractivity contribution < 1.29 is 32.2 Å². The average Bonchev–Trinajstić information content (AvgIpc) is 3.25. The predicted octanol–water partition coefficient (Wildman–Crippen LogP) is 5.27. The van der Waals surface area contributed by atoms with Crippen molar-refractivity contribution in [2.45, 2.75) is 51.6 Å². The number of rotatable bonds is 6. The number of carbonyl (C=O) groups is 2. The number of esters is 1. The number of carbonyl (C=O) groups excluding carboxylic acids is 2. The number of cyclic esters (lactones) is 1. The van der Waals surface area contributed by atoms with Crippen LogP contribution in [0.4, 0.5) is 23.7 Å². The molecule has 2 atom stereocenters. The average molecular weight is 568 g/mol. The van der Waals surface area contributed by atoms with Gasteiger partial charge in [0.05, 0.1) is 12.1 Å². The summed E-state index contributed by atoms with van der Waals surface area (Å²) in [5, 5.41) is 0.575. The monoisotopic (exact) mass is 567 g/mol. The Hall–Kier alpha value is -3.57. The van der Waals surface area contributed by atoms with Gasteiger partial charge in [-0.1, -0.05) is 38.1 Å². The van der Waals surface area contributed by atoms with Gasteiger partial charge in [-0.15, -0.1) is 12.4 Å². The Morgan fingerprint density at radius 3 is 2.44 bits per heavy atom. The Balaban J connectivity index is 0.00000420. The molecule has 2 heterocycles. The fourth-order valence-electron chi connectivity index (χ4n) is 4.23. The lowest BCUT2D eigenvalue weighted by Gasteiger charge is -2.31. The van der Waals surface area contributed by atoms with E-state index in [2.05, 4.69) is 4.98 Å². The van der Waals surface area contributed by atoms with Gasteiger partial charge in [0.25, 0.3) is 5.56 Å². The van der Waals surface area contributed by atoms with Crippen molar-refractivity contribution in [3.05, 3.63) is 64.4 Å². The molecule has 0 aliphatic carbocycles. The minimum atomic E-state index is -4.60. The second-order valence-corrected chi connectivity index (χ2v) is 10.1. The Kier molecular flexibility index (Phi) is 8.37. The van der Waals surface area contributed by atoms with E-state index in [-0.39, 0.29) is 41.5 Å². The molecule has 1 aliphatic rings. The van der Waals surface area contributed by atoms with Gasteiger partial charge in [-0.3, -0.25) is 14.5 Å². The van der Waals surface area contributed by atoms with Crippen molar-refractivity contribution in [1.29, 1.82) is 0 Å². The van der Waals surface area contributed by atoms with E-state index in [1.807, 2.05) is 0 Å². The number of fused-ring (bicyclic) bond motifs is 1. The zero-order chi connectivity index (χ0) is 28.0. The lowest BCUT2D eigenvalue weighted by Crippen LogP contribution is -2.48. The van der Waals surface area contributed by atoms with Gasteiger partial charge in [-0.2, -0.15) is 13.2 Å². The van der Waals surface area contributed by atoms with Gasteiger partial charge >= 0.3 is 18.2 Å². The lowest BCUT2D eigenvalue weighted by molar-refractivity contribution is -0.167. The molecule has 3 N–H and O–H groups in total. The summed E-state index contributed by atoms with van der Waals surface area (Å²) in [6.07, 6.45) is -6.10. The summed E-state index contributed by atoms with van der Waals surface area (Å²) >= 11 is 0. The van der Waals surface area contributed by atoms with Crippen LogP contribution in [0.2, 0.25) is 0 Å². The summed E-state index contributed by atoms with van der Waals surface area (Å²) in [6, 6.07) is 10.2. The minimum absolute atomic E-state index is 0. The Bertz CT molecular complexity index is 1450. The zero-order valence-electron chi connectivity index (χ0n) is 21.7. The number of nitrogens with one attached hydrogen (secondary N) is 1. The summed E-state index contributed by atoms with van der Waals surface area (Å²) in [4.78, 5) is 41.8. The molecule has 8 nitrogen and oxygen atoms in total. The molecule has 2 aromatic carbocycles. The van der Waals surface area contributed by atoms with Crippen LogP contribution in [0.25, 0.3) is 22.0 Å². The van der Waals surface area contributed by atoms with Crippen molar-refractivity contribution in [2.24, 2.45) is 11.7 Å². The van der Waals surface area contributed by atoms with E-state index in [0.29, 0.717) is 11.1 Å². The van der Waals surface area contributed by atoms with E-state index in [4.69, 9.17) is 15.2 Å². The third kappa shape index (κ3) is 6.04. The number of aromatic amines is 1. The van der Waals surface area contributed by atoms with Gasteiger partial charge in [0.2, 0.25) is 0 Å². The predicted molar refractivity (Wildman–Crippen MR) is 143 cm³/mol. The van der Waals surface area contributed by atoms with Crippen LogP contribution >= 0.6 is 12.4 Å². The number of ether oxygens (including phenoxy) is 2. The quantitative estimate of drug-likeness (QED) is 0.392. The fraction of sp³-hybridized carbons (Fsp3) is 0.370. The number of amides is 1. The highest BCUT2D eigenvalue weighted by Crippen LogP contribution is 2.37. The van der Waals surface area contributed by atoms with E-state index < -0.39 is 47.1 Å². The van der Waals surface area contributed by atoms with Crippen LogP contribution in [0, 0.1) is 5.92 Å². The summed E-state index contributed by atoms with van der Waals surface area (Å²) in [6.45, 7) is 6.84. The third-order valence-electron chi connectivity index (χ3n) is 6.61. The molecule has 0 bridgehead atoms. The topological polar surface area (TPSA) is 115 Å². The van der Waals surface area contributed by atoms with E-state index in [1.165, 1.54) is 35.2 Å². The first-order valence-electron chi connectivity index (χ1n) is 12.0. The number of hydrogen-bond acceptors (Lipinski definition) is 6. The minimum Gasteiger partial charge on any atom is -0.454 e. The first kappa shape index (κ1) is 30.0. The highest BCUT2D eigenvalue weighted by Gasteiger charge is 2.45. The van der Waals surface area contributed by atoms with Gasteiger partial charge in [-0.25, -0.2) is 4.79 Å². The highest BCUT2D eigenvalue weighted by molar-refractivity contribution is 5.95. The molecule has 0 spiro atoms. The zero-order valence-corrected chi connectivity index (χ0v) is 22.5. The maximum atomic E-state index is 13.5.